The zero-order valence-electron chi connectivity index (χ0n) is 57.5. The van der Waals surface area contributed by atoms with Gasteiger partial charge >= 0.3 is 0 Å². The van der Waals surface area contributed by atoms with Crippen LogP contribution in [0.1, 0.15) is 262 Å². The summed E-state index contributed by atoms with van der Waals surface area (Å²) in [6, 6.07) is 46.6. The van der Waals surface area contributed by atoms with E-state index < -0.39 is 0 Å². The highest BCUT2D eigenvalue weighted by Crippen LogP contribution is 2.43. The van der Waals surface area contributed by atoms with E-state index >= 15 is 0 Å². The highest BCUT2D eigenvalue weighted by molar-refractivity contribution is 7.80. The molecule has 8 aromatic carbocycles. The Bertz CT molecular complexity index is 3570. The molecule has 0 saturated heterocycles. The van der Waals surface area contributed by atoms with Crippen molar-refractivity contribution in [3.63, 3.8) is 0 Å². The minimum absolute atomic E-state index is 0.416. The Labute approximate surface area is 565 Å². The Morgan fingerprint density at radius 3 is 0.890 bits per heavy atom. The van der Waals surface area contributed by atoms with Crippen molar-refractivity contribution in [3.05, 3.63) is 144 Å². The Morgan fingerprint density at radius 2 is 0.593 bits per heavy atom. The maximum absolute atomic E-state index is 6.40. The molecular weight excluding hydrogens is 1160 g/mol. The normalized spacial score (nSPS) is 11.6. The van der Waals surface area contributed by atoms with Crippen LogP contribution in [0.2, 0.25) is 0 Å². The van der Waals surface area contributed by atoms with Crippen LogP contribution >= 0.6 is 35.8 Å². The van der Waals surface area contributed by atoms with Gasteiger partial charge in [-0.15, -0.1) is 11.3 Å². The molecule has 0 atom stereocenters. The number of thiocarbonyl (C=S) groups is 2. The van der Waals surface area contributed by atoms with E-state index in [0.717, 1.165) is 40.5 Å². The fourth-order valence-corrected chi connectivity index (χ4v) is 14.8. The van der Waals surface area contributed by atoms with Crippen LogP contribution in [0.3, 0.4) is 0 Å². The molecule has 3 nitrogen and oxygen atoms in total. The maximum atomic E-state index is 6.40. The summed E-state index contributed by atoms with van der Waals surface area (Å²) >= 11 is 13.1. The number of ether oxygens (including phenoxy) is 2. The van der Waals surface area contributed by atoms with E-state index in [4.69, 9.17) is 33.9 Å². The summed E-state index contributed by atoms with van der Waals surface area (Å²) in [7, 11) is 3.82. The third-order valence-corrected chi connectivity index (χ3v) is 20.6. The number of benzene rings is 8. The third-order valence-electron chi connectivity index (χ3n) is 18.9. The summed E-state index contributed by atoms with van der Waals surface area (Å²) in [6.45, 7) is 11.0. The molecule has 1 heterocycles. The summed E-state index contributed by atoms with van der Waals surface area (Å²) in [4.78, 5) is 1.83. The van der Waals surface area contributed by atoms with Crippen LogP contribution in [0, 0.1) is 0 Å². The lowest BCUT2D eigenvalue weighted by Crippen LogP contribution is -2.25. The molecule has 0 fully saturated rings. The first-order chi connectivity index (χ1) is 44.5. The number of aryl methyl sites for hydroxylation is 4. The molecule has 9 rings (SSSR count). The molecule has 0 N–H and O–H groups in total. The molecule has 6 heteroatoms. The van der Waals surface area contributed by atoms with Crippen molar-refractivity contribution in [2.45, 2.75) is 266 Å². The number of nitrogens with zero attached hydrogens (tertiary/aromatic N) is 1. The molecule has 0 amide bonds. The Hall–Kier alpha value is -5.40. The lowest BCUT2D eigenvalue weighted by molar-refractivity contribution is 0.450. The number of hydrogen-bond donors (Lipinski definition) is 0. The number of thiophene rings is 1. The zero-order valence-corrected chi connectivity index (χ0v) is 59.9. The number of unbranched alkanes of at least 4 members (excludes halogenated alkanes) is 28. The van der Waals surface area contributed by atoms with Crippen LogP contribution in [0.5, 0.6) is 11.5 Å². The predicted octanol–water partition coefficient (Wildman–Crippen LogP) is 27.7. The Morgan fingerprint density at radius 1 is 0.319 bits per heavy atom. The first-order valence-corrected chi connectivity index (χ1v) is 38.2. The minimum Gasteiger partial charge on any atom is -0.450 e. The standard InChI is InChI=1S/C45H61NO2S2.C40H52S/c1-6-8-10-12-14-16-18-20-22-35-24-26-37-32-43(47-34(3)49)41(30-39(37)28-35)42-31-40-29-36(23-21-19-17-15-13-11-9-7-2)25-27-38(40)33-44(42)48-45(50)46(4)5;1-3-5-7-9-11-13-15-17-19-31-21-23-33-29-39-37(27-35(33)25-31)38-28-36-26-32(22-24-34(36)30-40(38)41-39)20-18-16-14-12-10-8-6-4-2/h24-33H,6-23H2,1-5H3;21-30H,3-20H2,1-2H3. The van der Waals surface area contributed by atoms with Crippen LogP contribution in [0.15, 0.2) is 121 Å². The molecule has 0 bridgehead atoms. The highest BCUT2D eigenvalue weighted by atomic mass is 32.1. The van der Waals surface area contributed by atoms with Gasteiger partial charge in [-0.3, -0.25) is 0 Å². The summed E-state index contributed by atoms with van der Waals surface area (Å²) < 4.78 is 15.5. The van der Waals surface area contributed by atoms with Crippen LogP contribution in [-0.2, 0) is 25.7 Å². The molecule has 0 saturated carbocycles. The molecule has 1 aromatic heterocycles. The van der Waals surface area contributed by atoms with Gasteiger partial charge in [0, 0.05) is 52.3 Å². The Kier molecular flexibility index (Phi) is 30.9. The molecule has 0 unspecified atom stereocenters. The summed E-state index contributed by atoms with van der Waals surface area (Å²) in [5, 5.41) is 14.0. The van der Waals surface area contributed by atoms with Gasteiger partial charge in [0.25, 0.3) is 5.17 Å². The quantitative estimate of drug-likeness (QED) is 0.0282. The molecule has 0 spiro atoms. The van der Waals surface area contributed by atoms with E-state index in [2.05, 4.69) is 149 Å². The average Bonchev–Trinajstić information content (AvgIpc) is 1.77. The molecule has 9 aromatic rings. The highest BCUT2D eigenvalue weighted by Gasteiger charge is 2.19. The van der Waals surface area contributed by atoms with E-state index in [1.807, 2.05) is 37.3 Å². The van der Waals surface area contributed by atoms with Gasteiger partial charge in [-0.25, -0.2) is 0 Å². The van der Waals surface area contributed by atoms with Crippen LogP contribution in [0.25, 0.3) is 74.4 Å². The van der Waals surface area contributed by atoms with Crippen molar-refractivity contribution in [1.82, 2.24) is 4.90 Å². The predicted molar refractivity (Wildman–Crippen MR) is 412 cm³/mol. The fraction of sp³-hybridized carbons (Fsp3) is 0.506. The van der Waals surface area contributed by atoms with Gasteiger partial charge < -0.3 is 14.4 Å². The first kappa shape index (κ1) is 71.4. The largest absolute Gasteiger partial charge is 0.450 e. The monoisotopic (exact) mass is 1280 g/mol. The van der Waals surface area contributed by atoms with Crippen molar-refractivity contribution in [2.75, 3.05) is 14.1 Å². The summed E-state index contributed by atoms with van der Waals surface area (Å²) in [5.74, 6) is 1.45. The van der Waals surface area contributed by atoms with Crippen LogP contribution in [-0.4, -0.2) is 29.2 Å². The van der Waals surface area contributed by atoms with Gasteiger partial charge in [0.1, 0.15) is 11.5 Å². The van der Waals surface area contributed by atoms with E-state index in [1.165, 1.54) is 293 Å². The van der Waals surface area contributed by atoms with Gasteiger partial charge in [0.2, 0.25) is 0 Å². The van der Waals surface area contributed by atoms with Gasteiger partial charge in [-0.2, -0.15) is 0 Å². The average molecular weight is 1280 g/mol. The fourth-order valence-electron chi connectivity index (χ4n) is 13.4. The number of hydrogen-bond acceptors (Lipinski definition) is 5. The van der Waals surface area contributed by atoms with E-state index in [1.54, 1.807) is 0 Å². The van der Waals surface area contributed by atoms with E-state index in [-0.39, 0.29) is 0 Å². The van der Waals surface area contributed by atoms with Gasteiger partial charge in [-0.1, -0.05) is 280 Å². The van der Waals surface area contributed by atoms with Gasteiger partial charge in [0.05, 0.1) is 0 Å². The molecule has 488 valence electrons. The summed E-state index contributed by atoms with van der Waals surface area (Å²) in [5.41, 5.74) is 7.66. The summed E-state index contributed by atoms with van der Waals surface area (Å²) in [6.07, 6.45) is 48.0. The van der Waals surface area contributed by atoms with Crippen molar-refractivity contribution >= 4 is 109 Å². The second kappa shape index (κ2) is 39.3. The minimum atomic E-state index is 0.416. The molecular formula is C85H113NO2S3. The smallest absolute Gasteiger partial charge is 0.264 e. The van der Waals surface area contributed by atoms with E-state index in [0.29, 0.717) is 16.0 Å². The molecule has 0 aliphatic carbocycles. The number of fused-ring (bicyclic) bond motifs is 7. The van der Waals surface area contributed by atoms with Crippen molar-refractivity contribution in [3.8, 4) is 22.6 Å². The lowest BCUT2D eigenvalue weighted by Gasteiger charge is -2.20. The van der Waals surface area contributed by atoms with Gasteiger partial charge in [0.15, 0.2) is 5.05 Å². The Balaban J connectivity index is 0.000000239. The van der Waals surface area contributed by atoms with E-state index in [9.17, 15) is 0 Å². The van der Waals surface area contributed by atoms with Crippen LogP contribution in [0.4, 0.5) is 0 Å². The SMILES string of the molecule is CCCCCCCCCCc1ccc2cc(OC(C)=S)c(-c3cc4cc(CCCCCCCCCC)ccc4cc3OC(=S)N(C)C)cc2c1.CCCCCCCCCCc1ccc2cc3sc4cc5ccc(CCCCCCCCCC)cc5cc4c3cc2c1. The first-order valence-electron chi connectivity index (χ1n) is 36.6. The van der Waals surface area contributed by atoms with Crippen molar-refractivity contribution in [1.29, 1.82) is 0 Å². The van der Waals surface area contributed by atoms with Crippen molar-refractivity contribution < 1.29 is 9.47 Å². The van der Waals surface area contributed by atoms with Gasteiger partial charge in [-0.05, 0) is 190 Å². The molecule has 0 radical (unpaired) electrons. The lowest BCUT2D eigenvalue weighted by atomic mass is 9.94. The molecule has 91 heavy (non-hydrogen) atoms. The maximum Gasteiger partial charge on any atom is 0.264 e. The second-order valence-corrected chi connectivity index (χ2v) is 29.0. The zero-order chi connectivity index (χ0) is 64.0. The number of rotatable bonds is 39. The topological polar surface area (TPSA) is 21.7 Å². The molecule has 0 aliphatic heterocycles. The third kappa shape index (κ3) is 22.9. The molecule has 0 aliphatic rings. The van der Waals surface area contributed by atoms with Crippen LogP contribution < -0.4 is 9.47 Å². The second-order valence-electron chi connectivity index (χ2n) is 27.0. The van der Waals surface area contributed by atoms with Crippen molar-refractivity contribution in [2.24, 2.45) is 0 Å².